The number of aromatic nitrogens is 2. The lowest BCUT2D eigenvalue weighted by atomic mass is 10.1. The van der Waals surface area contributed by atoms with E-state index in [9.17, 15) is 23.4 Å². The lowest BCUT2D eigenvalue weighted by Gasteiger charge is -2.33. The van der Waals surface area contributed by atoms with E-state index < -0.39 is 22.1 Å². The Morgan fingerprint density at radius 1 is 0.921 bits per heavy atom. The standard InChI is InChI=1S/C26H24N4O6S2/c31-23(18-9-11-21(12-10-18)36-20-6-2-1-3-7-20)24-27-26(37-28-24)29-13-15-30(16-14-29)38(34,35)22-8-4-5-19(17-22)25(32)33/h1-12,17,23,31H,13-16H2,(H,32,33). The molecule has 0 saturated carbocycles. The molecule has 1 atom stereocenters. The van der Waals surface area contributed by atoms with E-state index in [0.29, 0.717) is 35.3 Å². The molecule has 10 nitrogen and oxygen atoms in total. The molecule has 0 spiro atoms. The molecule has 1 fully saturated rings. The number of carboxylic acids is 1. The molecule has 2 heterocycles. The molecule has 1 saturated heterocycles. The molecule has 196 valence electrons. The van der Waals surface area contributed by atoms with Crippen molar-refractivity contribution >= 4 is 32.7 Å². The second kappa shape index (κ2) is 10.9. The number of carbonyl (C=O) groups is 1. The first-order chi connectivity index (χ1) is 18.3. The van der Waals surface area contributed by atoms with E-state index in [2.05, 4.69) is 9.36 Å². The summed E-state index contributed by atoms with van der Waals surface area (Å²) in [6, 6.07) is 21.8. The van der Waals surface area contributed by atoms with Crippen molar-refractivity contribution in [2.45, 2.75) is 11.0 Å². The van der Waals surface area contributed by atoms with Crippen LogP contribution in [0.5, 0.6) is 11.5 Å². The van der Waals surface area contributed by atoms with Crippen molar-refractivity contribution in [3.63, 3.8) is 0 Å². The second-order valence-electron chi connectivity index (χ2n) is 8.55. The van der Waals surface area contributed by atoms with Gasteiger partial charge in [0.15, 0.2) is 5.82 Å². The number of hydrogen-bond acceptors (Lipinski definition) is 9. The molecule has 5 rings (SSSR count). The van der Waals surface area contributed by atoms with E-state index in [4.69, 9.17) is 4.74 Å². The first kappa shape index (κ1) is 25.8. The highest BCUT2D eigenvalue weighted by Crippen LogP contribution is 2.29. The minimum absolute atomic E-state index is 0.0487. The third-order valence-corrected chi connectivity index (χ3v) is 8.76. The largest absolute Gasteiger partial charge is 0.478 e. The fourth-order valence-electron chi connectivity index (χ4n) is 4.02. The lowest BCUT2D eigenvalue weighted by molar-refractivity contribution is 0.0696. The van der Waals surface area contributed by atoms with Crippen molar-refractivity contribution in [1.29, 1.82) is 0 Å². The van der Waals surface area contributed by atoms with Gasteiger partial charge in [0.1, 0.15) is 17.6 Å². The number of nitrogens with zero attached hydrogens (tertiary/aromatic N) is 4. The number of rotatable bonds is 8. The molecule has 0 bridgehead atoms. The summed E-state index contributed by atoms with van der Waals surface area (Å²) in [6.07, 6.45) is -1.02. The van der Waals surface area contributed by atoms with Gasteiger partial charge in [0.25, 0.3) is 0 Å². The first-order valence-electron chi connectivity index (χ1n) is 11.7. The number of sulfonamides is 1. The van der Waals surface area contributed by atoms with Crippen LogP contribution >= 0.6 is 11.5 Å². The Kier molecular flexibility index (Phi) is 7.38. The summed E-state index contributed by atoms with van der Waals surface area (Å²) in [5.41, 5.74) is 0.539. The lowest BCUT2D eigenvalue weighted by Crippen LogP contribution is -2.48. The van der Waals surface area contributed by atoms with Crippen molar-refractivity contribution in [2.24, 2.45) is 0 Å². The summed E-state index contributed by atoms with van der Waals surface area (Å²) < 4.78 is 37.5. The average molecular weight is 553 g/mol. The van der Waals surface area contributed by atoms with Gasteiger partial charge >= 0.3 is 5.97 Å². The summed E-state index contributed by atoms with van der Waals surface area (Å²) in [5.74, 6) is 0.440. The normalized spacial score (nSPS) is 15.2. The van der Waals surface area contributed by atoms with Crippen LogP contribution in [0.3, 0.4) is 0 Å². The van der Waals surface area contributed by atoms with E-state index in [0.717, 1.165) is 11.5 Å². The molecule has 38 heavy (non-hydrogen) atoms. The van der Waals surface area contributed by atoms with Gasteiger partial charge in [-0.15, -0.1) is 0 Å². The van der Waals surface area contributed by atoms with Crippen LogP contribution in [0.4, 0.5) is 5.13 Å². The SMILES string of the molecule is O=C(O)c1cccc(S(=O)(=O)N2CCN(c3nc(C(O)c4ccc(Oc5ccccc5)cc4)ns3)CC2)c1. The molecule has 2 N–H and O–H groups in total. The smallest absolute Gasteiger partial charge is 0.335 e. The summed E-state index contributed by atoms with van der Waals surface area (Å²) in [4.78, 5) is 17.6. The molecule has 1 aliphatic heterocycles. The Morgan fingerprint density at radius 2 is 1.61 bits per heavy atom. The Hall–Kier alpha value is -3.84. The molecular weight excluding hydrogens is 528 g/mol. The maximum atomic E-state index is 13.0. The average Bonchev–Trinajstić information content (AvgIpc) is 3.44. The molecule has 12 heteroatoms. The molecule has 0 amide bonds. The van der Waals surface area contributed by atoms with Gasteiger partial charge in [0, 0.05) is 37.7 Å². The van der Waals surface area contributed by atoms with Crippen LogP contribution in [0, 0.1) is 0 Å². The minimum atomic E-state index is -3.83. The van der Waals surface area contributed by atoms with E-state index in [1.54, 1.807) is 24.3 Å². The predicted octanol–water partition coefficient (Wildman–Crippen LogP) is 3.62. The summed E-state index contributed by atoms with van der Waals surface area (Å²) in [7, 11) is -3.83. The van der Waals surface area contributed by atoms with Crippen molar-refractivity contribution in [3.05, 3.63) is 95.8 Å². The Balaban J connectivity index is 1.21. The Bertz CT molecular complexity index is 1520. The van der Waals surface area contributed by atoms with Gasteiger partial charge in [-0.3, -0.25) is 0 Å². The van der Waals surface area contributed by atoms with E-state index in [-0.39, 0.29) is 29.4 Å². The zero-order chi connectivity index (χ0) is 26.7. The van der Waals surface area contributed by atoms with Crippen molar-refractivity contribution in [2.75, 3.05) is 31.1 Å². The number of carboxylic acid groups (broad SMARTS) is 1. The van der Waals surface area contributed by atoms with Crippen LogP contribution in [0.25, 0.3) is 0 Å². The van der Waals surface area contributed by atoms with Gasteiger partial charge < -0.3 is 19.8 Å². The number of piperazine rings is 1. The highest BCUT2D eigenvalue weighted by atomic mass is 32.2. The fraction of sp³-hybridized carbons (Fsp3) is 0.192. The number of anilines is 1. The molecule has 3 aromatic carbocycles. The van der Waals surface area contributed by atoms with Crippen LogP contribution in [0.1, 0.15) is 27.8 Å². The zero-order valence-electron chi connectivity index (χ0n) is 20.0. The van der Waals surface area contributed by atoms with Gasteiger partial charge in [-0.25, -0.2) is 18.2 Å². The maximum Gasteiger partial charge on any atom is 0.335 e. The minimum Gasteiger partial charge on any atom is -0.478 e. The Morgan fingerprint density at radius 3 is 2.29 bits per heavy atom. The number of aliphatic hydroxyl groups excluding tert-OH is 1. The monoisotopic (exact) mass is 552 g/mol. The van der Waals surface area contributed by atoms with Crippen LogP contribution in [-0.2, 0) is 10.0 Å². The van der Waals surface area contributed by atoms with Gasteiger partial charge in [0.2, 0.25) is 15.2 Å². The second-order valence-corrected chi connectivity index (χ2v) is 11.2. The molecule has 1 aromatic heterocycles. The van der Waals surface area contributed by atoms with Crippen LogP contribution in [-0.4, -0.2) is 64.4 Å². The van der Waals surface area contributed by atoms with E-state index in [1.165, 1.54) is 28.6 Å². The van der Waals surface area contributed by atoms with Crippen molar-refractivity contribution < 1.29 is 28.2 Å². The Labute approximate surface area is 223 Å². The zero-order valence-corrected chi connectivity index (χ0v) is 21.7. The van der Waals surface area contributed by atoms with Crippen LogP contribution in [0.2, 0.25) is 0 Å². The van der Waals surface area contributed by atoms with Gasteiger partial charge in [-0.2, -0.15) is 8.68 Å². The van der Waals surface area contributed by atoms with Gasteiger partial charge in [-0.05, 0) is 48.0 Å². The van der Waals surface area contributed by atoms with Gasteiger partial charge in [0.05, 0.1) is 10.5 Å². The van der Waals surface area contributed by atoms with E-state index in [1.807, 2.05) is 35.2 Å². The summed E-state index contributed by atoms with van der Waals surface area (Å²) in [6.45, 7) is 1.18. The third kappa shape index (κ3) is 5.53. The molecular formula is C26H24N4O6S2. The van der Waals surface area contributed by atoms with E-state index >= 15 is 0 Å². The number of hydrogen-bond donors (Lipinski definition) is 2. The fourth-order valence-corrected chi connectivity index (χ4v) is 6.23. The molecule has 4 aromatic rings. The quantitative estimate of drug-likeness (QED) is 0.336. The number of para-hydroxylation sites is 1. The molecule has 1 aliphatic rings. The van der Waals surface area contributed by atoms with Crippen LogP contribution < -0.4 is 9.64 Å². The maximum absolute atomic E-state index is 13.0. The number of ether oxygens (including phenoxy) is 1. The number of aromatic carboxylic acids is 1. The van der Waals surface area contributed by atoms with Crippen LogP contribution in [0.15, 0.2) is 83.8 Å². The van der Waals surface area contributed by atoms with Crippen molar-refractivity contribution in [1.82, 2.24) is 13.7 Å². The summed E-state index contributed by atoms with van der Waals surface area (Å²) in [5, 5.41) is 20.6. The third-order valence-electron chi connectivity index (χ3n) is 6.08. The molecule has 1 unspecified atom stereocenters. The van der Waals surface area contributed by atoms with Gasteiger partial charge in [-0.1, -0.05) is 36.4 Å². The van der Waals surface area contributed by atoms with Crippen molar-refractivity contribution in [3.8, 4) is 11.5 Å². The topological polar surface area (TPSA) is 133 Å². The number of benzene rings is 3. The molecule has 0 aliphatic carbocycles. The highest BCUT2D eigenvalue weighted by molar-refractivity contribution is 7.89. The molecule has 0 radical (unpaired) electrons. The number of aliphatic hydroxyl groups is 1. The predicted molar refractivity (Wildman–Crippen MR) is 141 cm³/mol. The highest BCUT2D eigenvalue weighted by Gasteiger charge is 2.30. The first-order valence-corrected chi connectivity index (χ1v) is 14.0. The summed E-state index contributed by atoms with van der Waals surface area (Å²) >= 11 is 1.14.